The third-order valence-electron chi connectivity index (χ3n) is 6.31. The van der Waals surface area contributed by atoms with Crippen LogP contribution in [0.3, 0.4) is 0 Å². The second-order valence-corrected chi connectivity index (χ2v) is 10.5. The first-order valence-corrected chi connectivity index (χ1v) is 15.5. The minimum atomic E-state index is -0.452. The Morgan fingerprint density at radius 1 is 1.15 bits per heavy atom. The Labute approximate surface area is 240 Å². The number of aromatic amines is 2. The molecule has 5 aromatic rings. The summed E-state index contributed by atoms with van der Waals surface area (Å²) in [7, 11) is 1.30. The molecule has 0 aliphatic carbocycles. The fourth-order valence-corrected chi connectivity index (χ4v) is 4.90. The van der Waals surface area contributed by atoms with Crippen molar-refractivity contribution < 1.29 is 9.13 Å². The Bertz CT molecular complexity index is 1690. The van der Waals surface area contributed by atoms with Crippen LogP contribution in [-0.2, 0) is 11.3 Å². The van der Waals surface area contributed by atoms with E-state index < -0.39 is 5.82 Å². The molecule has 2 aromatic carbocycles. The molecule has 0 saturated carbocycles. The van der Waals surface area contributed by atoms with Crippen LogP contribution in [0, 0.1) is 17.0 Å². The zero-order chi connectivity index (χ0) is 26.6. The molecular formula is C27H22FIN8OS. The number of nitrogens with zero attached hydrogens (tertiary/aromatic N) is 5. The second kappa shape index (κ2) is 11.7. The molecule has 3 N–H and O–H groups in total. The van der Waals surface area contributed by atoms with Crippen LogP contribution in [-0.4, -0.2) is 61.3 Å². The number of imidazole rings is 1. The van der Waals surface area contributed by atoms with E-state index in [0.717, 1.165) is 43.9 Å². The van der Waals surface area contributed by atoms with E-state index >= 15 is 4.39 Å². The lowest BCUT2D eigenvalue weighted by atomic mass is 10.1. The van der Waals surface area contributed by atoms with E-state index in [1.807, 2.05) is 6.07 Å². The number of H-pyrrole nitrogens is 2. The lowest BCUT2D eigenvalue weighted by molar-refractivity contribution is 0.0342. The van der Waals surface area contributed by atoms with Crippen LogP contribution >= 0.6 is 30.1 Å². The van der Waals surface area contributed by atoms with Crippen LogP contribution in [0.4, 0.5) is 15.9 Å². The fourth-order valence-electron chi connectivity index (χ4n) is 4.42. The largest absolute Gasteiger partial charge is 0.379 e. The van der Waals surface area contributed by atoms with Crippen molar-refractivity contribution in [1.29, 1.82) is 0 Å². The van der Waals surface area contributed by atoms with Crippen molar-refractivity contribution in [3.05, 3.63) is 71.8 Å². The minimum absolute atomic E-state index is 0.254. The topological polar surface area (TPSA) is 108 Å². The number of hydrogen-bond acceptors (Lipinski definition) is 8. The van der Waals surface area contributed by atoms with E-state index in [1.165, 1.54) is 14.5 Å². The Morgan fingerprint density at radius 2 is 2.05 bits per heavy atom. The van der Waals surface area contributed by atoms with Gasteiger partial charge in [-0.1, -0.05) is 18.1 Å². The van der Waals surface area contributed by atoms with Gasteiger partial charge < -0.3 is 15.0 Å². The van der Waals surface area contributed by atoms with Crippen molar-refractivity contribution in [2.24, 2.45) is 0 Å². The predicted molar refractivity (Wildman–Crippen MR) is 159 cm³/mol. The molecule has 9 nitrogen and oxygen atoms in total. The van der Waals surface area contributed by atoms with E-state index in [9.17, 15) is 0 Å². The summed E-state index contributed by atoms with van der Waals surface area (Å²) in [4.78, 5) is 19.4. The Kier molecular flexibility index (Phi) is 7.73. The van der Waals surface area contributed by atoms with Crippen LogP contribution in [0.1, 0.15) is 11.1 Å². The van der Waals surface area contributed by atoms with E-state index in [4.69, 9.17) is 9.72 Å². The summed E-state index contributed by atoms with van der Waals surface area (Å²) in [5.74, 6) is 3.75. The van der Waals surface area contributed by atoms with Gasteiger partial charge in [-0.05, 0) is 50.1 Å². The molecule has 6 rings (SSSR count). The molecule has 39 heavy (non-hydrogen) atoms. The Morgan fingerprint density at radius 3 is 2.92 bits per heavy atom. The second-order valence-electron chi connectivity index (χ2n) is 8.85. The molecule has 1 aliphatic rings. The summed E-state index contributed by atoms with van der Waals surface area (Å²) in [6.45, 7) is 4.28. The predicted octanol–water partition coefficient (Wildman–Crippen LogP) is 5.52. The maximum absolute atomic E-state index is 15.1. The van der Waals surface area contributed by atoms with Crippen molar-refractivity contribution >= 4 is 52.7 Å². The van der Waals surface area contributed by atoms with Crippen molar-refractivity contribution in [2.45, 2.75) is 6.54 Å². The van der Waals surface area contributed by atoms with Gasteiger partial charge >= 0.3 is 0 Å². The molecule has 0 spiro atoms. The van der Waals surface area contributed by atoms with Gasteiger partial charge in [0.2, 0.25) is 0 Å². The molecule has 12 heteroatoms. The standard InChI is InChI=1S/C27H22FIN8OS/c28-24-18(7-13-39-29)2-1-3-19(24)26-30-8-6-23(35-26)32-22-15-31-36-25(22)27-33-20-5-4-17(14-21(20)34-27)16-37-9-11-38-12-10-37/h1-6,8,14-15H,9-12,16H2,(H,31,36)(H,33,34)(H,30,32,35). The number of halogens is 2. The van der Waals surface area contributed by atoms with Gasteiger partial charge in [0, 0.05) is 47.0 Å². The number of hydrogen-bond donors (Lipinski definition) is 3. The number of morpholine rings is 1. The SMILES string of the molecule is Fc1c(C#CSI)cccc1-c1nccc(Nc2cn[nH]c2-c2nc3ccc(CN4CCOCC4)cc3[nH]2)n1. The van der Waals surface area contributed by atoms with Gasteiger partial charge in [0.05, 0.1) is 47.3 Å². The van der Waals surface area contributed by atoms with Crippen molar-refractivity contribution in [3.63, 3.8) is 0 Å². The van der Waals surface area contributed by atoms with Gasteiger partial charge in [-0.3, -0.25) is 10.00 Å². The van der Waals surface area contributed by atoms with Gasteiger partial charge in [0.15, 0.2) is 11.6 Å². The van der Waals surface area contributed by atoms with Gasteiger partial charge in [-0.2, -0.15) is 5.10 Å². The summed E-state index contributed by atoms with van der Waals surface area (Å²) in [5.41, 5.74) is 4.95. The first-order chi connectivity index (χ1) is 19.2. The molecule has 1 aliphatic heterocycles. The van der Waals surface area contributed by atoms with E-state index in [1.54, 1.807) is 36.7 Å². The number of aromatic nitrogens is 6. The van der Waals surface area contributed by atoms with Gasteiger partial charge in [0.25, 0.3) is 0 Å². The lowest BCUT2D eigenvalue weighted by Gasteiger charge is -2.26. The molecular weight excluding hydrogens is 630 g/mol. The van der Waals surface area contributed by atoms with Crippen LogP contribution in [0.15, 0.2) is 54.9 Å². The lowest BCUT2D eigenvalue weighted by Crippen LogP contribution is -2.35. The van der Waals surface area contributed by atoms with E-state index in [0.29, 0.717) is 28.6 Å². The van der Waals surface area contributed by atoms with Gasteiger partial charge in [-0.15, -0.1) is 0 Å². The summed E-state index contributed by atoms with van der Waals surface area (Å²) >= 11 is 2.05. The van der Waals surface area contributed by atoms with Gasteiger partial charge in [-0.25, -0.2) is 19.3 Å². The highest BCUT2D eigenvalue weighted by molar-refractivity contribution is 14.2. The molecule has 196 valence electrons. The monoisotopic (exact) mass is 652 g/mol. The average Bonchev–Trinajstić information content (AvgIpc) is 3.59. The molecule has 0 unspecified atom stereocenters. The Hall–Kier alpha value is -3.51. The normalized spacial score (nSPS) is 13.8. The highest BCUT2D eigenvalue weighted by Crippen LogP contribution is 2.29. The smallest absolute Gasteiger partial charge is 0.164 e. The first kappa shape index (κ1) is 25.8. The number of ether oxygens (including phenoxy) is 1. The summed E-state index contributed by atoms with van der Waals surface area (Å²) in [6, 6.07) is 13.0. The fraction of sp³-hybridized carbons (Fsp3) is 0.185. The molecule has 1 saturated heterocycles. The van der Waals surface area contributed by atoms with Crippen molar-refractivity contribution in [2.75, 3.05) is 31.6 Å². The zero-order valence-electron chi connectivity index (χ0n) is 20.5. The third kappa shape index (κ3) is 5.76. The number of nitrogens with one attached hydrogen (secondary N) is 3. The quantitative estimate of drug-likeness (QED) is 0.163. The van der Waals surface area contributed by atoms with E-state index in [-0.39, 0.29) is 11.4 Å². The molecule has 0 amide bonds. The van der Waals surface area contributed by atoms with Gasteiger partial charge in [0.1, 0.15) is 17.3 Å². The molecule has 0 bridgehead atoms. The molecule has 4 heterocycles. The van der Waals surface area contributed by atoms with Crippen molar-refractivity contribution in [1.82, 2.24) is 35.0 Å². The highest BCUT2D eigenvalue weighted by atomic mass is 127. The zero-order valence-corrected chi connectivity index (χ0v) is 23.5. The third-order valence-corrected chi connectivity index (χ3v) is 7.15. The summed E-state index contributed by atoms with van der Waals surface area (Å²) < 4.78 is 20.5. The maximum Gasteiger partial charge on any atom is 0.164 e. The molecule has 3 aromatic heterocycles. The van der Waals surface area contributed by atoms with Crippen LogP contribution < -0.4 is 5.32 Å². The first-order valence-electron chi connectivity index (χ1n) is 12.2. The average molecular weight is 652 g/mol. The summed E-state index contributed by atoms with van der Waals surface area (Å²) in [6.07, 6.45) is 3.24. The van der Waals surface area contributed by atoms with Crippen LogP contribution in [0.25, 0.3) is 33.9 Å². The number of anilines is 2. The molecule has 1 fully saturated rings. The summed E-state index contributed by atoms with van der Waals surface area (Å²) in [5, 5.41) is 13.3. The number of rotatable bonds is 6. The maximum atomic E-state index is 15.1. The molecule has 0 atom stereocenters. The number of fused-ring (bicyclic) bond motifs is 1. The molecule has 0 radical (unpaired) electrons. The minimum Gasteiger partial charge on any atom is -0.379 e. The highest BCUT2D eigenvalue weighted by Gasteiger charge is 2.16. The van der Waals surface area contributed by atoms with Crippen LogP contribution in [0.5, 0.6) is 0 Å². The van der Waals surface area contributed by atoms with Crippen LogP contribution in [0.2, 0.25) is 0 Å². The van der Waals surface area contributed by atoms with E-state index in [2.05, 4.69) is 79.9 Å². The Balaban J connectivity index is 1.24. The van der Waals surface area contributed by atoms with Crippen molar-refractivity contribution in [3.8, 4) is 34.1 Å². The number of benzene rings is 2.